The Hall–Kier alpha value is -2.19. The molecule has 0 radical (unpaired) electrons. The molecule has 3 rings (SSSR count). The zero-order valence-electron chi connectivity index (χ0n) is 15.8. The number of nitrogens with one attached hydrogen (secondary N) is 2. The van der Waals surface area contributed by atoms with Crippen molar-refractivity contribution in [3.63, 3.8) is 0 Å². The monoisotopic (exact) mass is 449 g/mol. The lowest BCUT2D eigenvalue weighted by Gasteiger charge is -2.18. The molecular formula is C20H21Cl2N5OS. The highest BCUT2D eigenvalue weighted by atomic mass is 35.5. The van der Waals surface area contributed by atoms with Crippen LogP contribution in [0.2, 0.25) is 10.0 Å². The first kappa shape index (κ1) is 21.5. The lowest BCUT2D eigenvalue weighted by atomic mass is 10.0. The minimum absolute atomic E-state index is 0.133. The van der Waals surface area contributed by atoms with Crippen molar-refractivity contribution in [2.24, 2.45) is 5.73 Å². The zero-order valence-corrected chi connectivity index (χ0v) is 18.1. The Morgan fingerprint density at radius 3 is 2.79 bits per heavy atom. The summed E-state index contributed by atoms with van der Waals surface area (Å²) in [5.41, 5.74) is 7.43. The van der Waals surface area contributed by atoms with E-state index in [1.165, 1.54) is 11.3 Å². The quantitative estimate of drug-likeness (QED) is 0.477. The van der Waals surface area contributed by atoms with Crippen LogP contribution in [0.3, 0.4) is 0 Å². The van der Waals surface area contributed by atoms with Crippen LogP contribution in [0, 0.1) is 0 Å². The number of halogens is 2. The Kier molecular flexibility index (Phi) is 7.44. The van der Waals surface area contributed by atoms with Crippen LogP contribution in [-0.4, -0.2) is 35.5 Å². The molecule has 0 saturated heterocycles. The molecule has 2 heterocycles. The molecule has 0 spiro atoms. The number of aromatic nitrogens is 2. The van der Waals surface area contributed by atoms with E-state index in [4.69, 9.17) is 28.9 Å². The van der Waals surface area contributed by atoms with E-state index in [-0.39, 0.29) is 11.9 Å². The fraction of sp³-hybridized carbons (Fsp3) is 0.250. The van der Waals surface area contributed by atoms with E-state index in [1.807, 2.05) is 18.2 Å². The van der Waals surface area contributed by atoms with Gasteiger partial charge in [0.05, 0.1) is 15.4 Å². The van der Waals surface area contributed by atoms with Crippen LogP contribution in [0.25, 0.3) is 10.6 Å². The van der Waals surface area contributed by atoms with Crippen molar-refractivity contribution in [1.82, 2.24) is 15.3 Å². The molecule has 3 aromatic rings. The van der Waals surface area contributed by atoms with Crippen molar-refractivity contribution >= 4 is 46.4 Å². The lowest BCUT2D eigenvalue weighted by molar-refractivity contribution is 0.0939. The Labute approximate surface area is 183 Å². The van der Waals surface area contributed by atoms with Gasteiger partial charge in [0.2, 0.25) is 5.95 Å². The minimum atomic E-state index is -0.146. The summed E-state index contributed by atoms with van der Waals surface area (Å²) in [6.07, 6.45) is 2.90. The third kappa shape index (κ3) is 5.67. The number of anilines is 1. The number of carbonyl (C=O) groups is 1. The Bertz CT molecular complexity index is 995. The average molecular weight is 450 g/mol. The first-order chi connectivity index (χ1) is 14.0. The van der Waals surface area contributed by atoms with Gasteiger partial charge >= 0.3 is 0 Å². The first-order valence-corrected chi connectivity index (χ1v) is 10.6. The maximum Gasteiger partial charge on any atom is 0.261 e. The molecule has 4 N–H and O–H groups in total. The van der Waals surface area contributed by atoms with Crippen molar-refractivity contribution in [2.45, 2.75) is 18.9 Å². The van der Waals surface area contributed by atoms with Crippen LogP contribution >= 0.6 is 34.5 Å². The maximum absolute atomic E-state index is 12.8. The number of benzene rings is 1. The molecule has 0 aliphatic heterocycles. The number of carbonyl (C=O) groups excluding carboxylic acids is 1. The highest BCUT2D eigenvalue weighted by Crippen LogP contribution is 2.27. The van der Waals surface area contributed by atoms with Gasteiger partial charge < -0.3 is 16.4 Å². The molecule has 152 valence electrons. The molecule has 29 heavy (non-hydrogen) atoms. The van der Waals surface area contributed by atoms with Gasteiger partial charge in [-0.25, -0.2) is 9.97 Å². The molecular weight excluding hydrogens is 429 g/mol. The predicted octanol–water partition coefficient (Wildman–Crippen LogP) is 4.24. The number of nitrogens with two attached hydrogens (primary N) is 1. The van der Waals surface area contributed by atoms with Gasteiger partial charge in [-0.05, 0) is 55.3 Å². The van der Waals surface area contributed by atoms with Gasteiger partial charge in [0, 0.05) is 29.3 Å². The van der Waals surface area contributed by atoms with E-state index in [9.17, 15) is 4.79 Å². The van der Waals surface area contributed by atoms with E-state index < -0.39 is 0 Å². The van der Waals surface area contributed by atoms with Crippen LogP contribution in [-0.2, 0) is 6.42 Å². The minimum Gasteiger partial charge on any atom is -0.357 e. The topological polar surface area (TPSA) is 92.9 Å². The van der Waals surface area contributed by atoms with Crippen molar-refractivity contribution in [3.8, 4) is 10.6 Å². The molecule has 1 atom stereocenters. The highest BCUT2D eigenvalue weighted by Gasteiger charge is 2.17. The number of amides is 1. The van der Waals surface area contributed by atoms with Gasteiger partial charge in [0.1, 0.15) is 0 Å². The summed E-state index contributed by atoms with van der Waals surface area (Å²) in [4.78, 5) is 22.8. The van der Waals surface area contributed by atoms with Gasteiger partial charge in [0.25, 0.3) is 5.91 Å². The van der Waals surface area contributed by atoms with Gasteiger partial charge in [-0.2, -0.15) is 0 Å². The highest BCUT2D eigenvalue weighted by molar-refractivity contribution is 7.17. The standard InChI is InChI=1S/C20H21Cl2N5OS/c1-24-20-25-9-7-16(27-20)17-4-5-18(29-17)19(28)26-14(6-8-23)10-12-2-3-13(21)11-15(12)22/h2-5,7,9,11,14H,6,8,10,23H2,1H3,(H,26,28)(H,24,25,27)/t14-/m1/s1. The fourth-order valence-corrected chi connectivity index (χ4v) is 4.21. The summed E-state index contributed by atoms with van der Waals surface area (Å²) < 4.78 is 0. The number of thiophene rings is 1. The second-order valence-electron chi connectivity index (χ2n) is 6.37. The van der Waals surface area contributed by atoms with Crippen molar-refractivity contribution in [3.05, 3.63) is 63.1 Å². The maximum atomic E-state index is 12.8. The van der Waals surface area contributed by atoms with Crippen molar-refractivity contribution < 1.29 is 4.79 Å². The van der Waals surface area contributed by atoms with E-state index in [0.717, 1.165) is 16.1 Å². The molecule has 9 heteroatoms. The van der Waals surface area contributed by atoms with Crippen molar-refractivity contribution in [2.75, 3.05) is 18.9 Å². The molecule has 2 aromatic heterocycles. The summed E-state index contributed by atoms with van der Waals surface area (Å²) in [6.45, 7) is 0.458. The molecule has 1 aromatic carbocycles. The normalized spacial score (nSPS) is 11.9. The molecule has 0 aliphatic carbocycles. The van der Waals surface area contributed by atoms with Gasteiger partial charge in [-0.15, -0.1) is 11.3 Å². The SMILES string of the molecule is CNc1nccc(-c2ccc(C(=O)N[C@H](CCN)Cc3ccc(Cl)cc3Cl)s2)n1. The van der Waals surface area contributed by atoms with Crippen LogP contribution in [0.4, 0.5) is 5.95 Å². The molecule has 6 nitrogen and oxygen atoms in total. The Morgan fingerprint density at radius 1 is 1.24 bits per heavy atom. The molecule has 0 bridgehead atoms. The number of nitrogens with zero attached hydrogens (tertiary/aromatic N) is 2. The molecule has 0 aliphatic rings. The predicted molar refractivity (Wildman–Crippen MR) is 120 cm³/mol. The summed E-state index contributed by atoms with van der Waals surface area (Å²) in [5.74, 6) is 0.387. The first-order valence-electron chi connectivity index (χ1n) is 9.06. The van der Waals surface area contributed by atoms with E-state index in [0.29, 0.717) is 40.3 Å². The van der Waals surface area contributed by atoms with Gasteiger partial charge in [-0.1, -0.05) is 29.3 Å². The Balaban J connectivity index is 1.72. The lowest BCUT2D eigenvalue weighted by Crippen LogP contribution is -2.37. The third-order valence-corrected chi connectivity index (χ3v) is 5.99. The summed E-state index contributed by atoms with van der Waals surface area (Å²) in [5, 5.41) is 7.14. The Morgan fingerprint density at radius 2 is 2.07 bits per heavy atom. The number of hydrogen-bond acceptors (Lipinski definition) is 6. The average Bonchev–Trinajstić information content (AvgIpc) is 3.21. The van der Waals surface area contributed by atoms with E-state index >= 15 is 0 Å². The van der Waals surface area contributed by atoms with Gasteiger partial charge in [-0.3, -0.25) is 4.79 Å². The van der Waals surface area contributed by atoms with Gasteiger partial charge in [0.15, 0.2) is 0 Å². The van der Waals surface area contributed by atoms with Crippen LogP contribution in [0.15, 0.2) is 42.6 Å². The largest absolute Gasteiger partial charge is 0.357 e. The second-order valence-corrected chi connectivity index (χ2v) is 8.29. The van der Waals surface area contributed by atoms with Crippen LogP contribution < -0.4 is 16.4 Å². The van der Waals surface area contributed by atoms with E-state index in [1.54, 1.807) is 31.4 Å². The fourth-order valence-electron chi connectivity index (χ4n) is 2.85. The smallest absolute Gasteiger partial charge is 0.261 e. The number of rotatable bonds is 8. The van der Waals surface area contributed by atoms with E-state index in [2.05, 4.69) is 20.6 Å². The summed E-state index contributed by atoms with van der Waals surface area (Å²) >= 11 is 13.6. The summed E-state index contributed by atoms with van der Waals surface area (Å²) in [7, 11) is 1.76. The molecule has 1 amide bonds. The third-order valence-electron chi connectivity index (χ3n) is 4.29. The van der Waals surface area contributed by atoms with Crippen LogP contribution in [0.1, 0.15) is 21.7 Å². The molecule has 0 unspecified atom stereocenters. The second kappa shape index (κ2) is 10.0. The molecule has 0 fully saturated rings. The number of hydrogen-bond donors (Lipinski definition) is 3. The van der Waals surface area contributed by atoms with Crippen LogP contribution in [0.5, 0.6) is 0 Å². The van der Waals surface area contributed by atoms with Crippen molar-refractivity contribution in [1.29, 1.82) is 0 Å². The molecule has 0 saturated carbocycles. The zero-order chi connectivity index (χ0) is 20.8. The summed E-state index contributed by atoms with van der Waals surface area (Å²) in [6, 6.07) is 10.7.